The second-order valence-electron chi connectivity index (χ2n) is 18.8. The van der Waals surface area contributed by atoms with Crippen molar-refractivity contribution in [1.82, 2.24) is 0 Å². The second-order valence-corrected chi connectivity index (χ2v) is 18.8. The summed E-state index contributed by atoms with van der Waals surface area (Å²) in [4.78, 5) is 37.9. The van der Waals surface area contributed by atoms with Gasteiger partial charge < -0.3 is 14.2 Å². The predicted molar refractivity (Wildman–Crippen MR) is 279 cm³/mol. The van der Waals surface area contributed by atoms with Crippen LogP contribution in [-0.4, -0.2) is 37.2 Å². The van der Waals surface area contributed by atoms with E-state index in [-0.39, 0.29) is 31.1 Å². The van der Waals surface area contributed by atoms with Gasteiger partial charge in [-0.1, -0.05) is 243 Å². The van der Waals surface area contributed by atoms with E-state index >= 15 is 0 Å². The zero-order valence-corrected chi connectivity index (χ0v) is 43.3. The molecular formula is C59H106O6. The highest BCUT2D eigenvalue weighted by Crippen LogP contribution is 2.16. The smallest absolute Gasteiger partial charge is 0.306 e. The zero-order chi connectivity index (χ0) is 47.2. The molecule has 0 saturated carbocycles. The first-order chi connectivity index (χ1) is 32.0. The van der Waals surface area contributed by atoms with Gasteiger partial charge >= 0.3 is 17.9 Å². The summed E-state index contributed by atoms with van der Waals surface area (Å²) in [7, 11) is 0. The number of rotatable bonds is 51. The first kappa shape index (κ1) is 62.4. The molecule has 0 heterocycles. The van der Waals surface area contributed by atoms with Crippen LogP contribution in [0.4, 0.5) is 0 Å². The lowest BCUT2D eigenvalue weighted by Crippen LogP contribution is -2.30. The molecular weight excluding hydrogens is 805 g/mol. The number of hydrogen-bond acceptors (Lipinski definition) is 6. The molecule has 0 N–H and O–H groups in total. The number of unbranched alkanes of at least 4 members (excludes halogenated alkanes) is 32. The van der Waals surface area contributed by atoms with Crippen LogP contribution in [0.3, 0.4) is 0 Å². The Hall–Kier alpha value is -2.63. The Morgan fingerprint density at radius 1 is 0.308 bits per heavy atom. The molecule has 0 aromatic carbocycles. The van der Waals surface area contributed by atoms with Crippen LogP contribution >= 0.6 is 0 Å². The predicted octanol–water partition coefficient (Wildman–Crippen LogP) is 18.7. The summed E-state index contributed by atoms with van der Waals surface area (Å²) < 4.78 is 16.8. The largest absolute Gasteiger partial charge is 0.462 e. The van der Waals surface area contributed by atoms with Crippen LogP contribution < -0.4 is 0 Å². The third-order valence-corrected chi connectivity index (χ3v) is 12.3. The van der Waals surface area contributed by atoms with Gasteiger partial charge in [-0.2, -0.15) is 0 Å². The van der Waals surface area contributed by atoms with Crippen LogP contribution in [0, 0.1) is 0 Å². The maximum atomic E-state index is 12.8. The lowest BCUT2D eigenvalue weighted by molar-refractivity contribution is -0.167. The van der Waals surface area contributed by atoms with Crippen molar-refractivity contribution in [2.75, 3.05) is 13.2 Å². The SMILES string of the molecule is CCCC/C=C\C/C=C\CCCCCCCC(=O)OC(COC(=O)CCCCCCCCCC)COC(=O)CCCCCCCCCCCCCCC/C=C\C/C=C\CCCCCCC. The second kappa shape index (κ2) is 54.0. The lowest BCUT2D eigenvalue weighted by atomic mass is 10.0. The molecule has 0 aromatic rings. The van der Waals surface area contributed by atoms with Crippen LogP contribution in [0.5, 0.6) is 0 Å². The van der Waals surface area contributed by atoms with E-state index in [1.807, 2.05) is 0 Å². The van der Waals surface area contributed by atoms with Crippen molar-refractivity contribution >= 4 is 17.9 Å². The van der Waals surface area contributed by atoms with E-state index < -0.39 is 6.10 Å². The number of allylic oxidation sites excluding steroid dienone is 8. The number of carbonyl (C=O) groups excluding carboxylic acids is 3. The third kappa shape index (κ3) is 52.2. The molecule has 0 aromatic heterocycles. The van der Waals surface area contributed by atoms with Crippen molar-refractivity contribution in [1.29, 1.82) is 0 Å². The lowest BCUT2D eigenvalue weighted by Gasteiger charge is -2.18. The Labute approximate surface area is 403 Å². The molecule has 6 nitrogen and oxygen atoms in total. The van der Waals surface area contributed by atoms with Crippen molar-refractivity contribution in [2.45, 2.75) is 297 Å². The number of hydrogen-bond donors (Lipinski definition) is 0. The van der Waals surface area contributed by atoms with E-state index in [0.717, 1.165) is 89.9 Å². The first-order valence-electron chi connectivity index (χ1n) is 28.1. The average Bonchev–Trinajstić information content (AvgIpc) is 3.30. The van der Waals surface area contributed by atoms with E-state index in [0.29, 0.717) is 19.3 Å². The molecule has 65 heavy (non-hydrogen) atoms. The molecule has 0 amide bonds. The molecule has 0 spiro atoms. The standard InChI is InChI=1S/C59H106O6/c1-4-7-10-13-16-19-21-23-25-26-27-28-29-30-31-32-33-34-35-37-38-40-43-46-49-52-58(61)64-55-56(54-63-57(60)51-48-45-42-18-15-12-9-6-3)65-59(62)53-50-47-44-41-39-36-24-22-20-17-14-11-8-5-2/h14,17,21-24,26-27,56H,4-13,15-16,18-20,25,28-55H2,1-3H3/b17-14-,23-21-,24-22-,27-26-. The van der Waals surface area contributed by atoms with Gasteiger partial charge in [0.15, 0.2) is 6.10 Å². The molecule has 0 aliphatic heterocycles. The summed E-state index contributed by atoms with van der Waals surface area (Å²) in [6, 6.07) is 0. The van der Waals surface area contributed by atoms with Crippen molar-refractivity contribution in [2.24, 2.45) is 0 Å². The third-order valence-electron chi connectivity index (χ3n) is 12.3. The summed E-state index contributed by atoms with van der Waals surface area (Å²) in [5, 5.41) is 0. The Kier molecular flexibility index (Phi) is 51.8. The highest BCUT2D eigenvalue weighted by Gasteiger charge is 2.19. The molecule has 1 atom stereocenters. The minimum Gasteiger partial charge on any atom is -0.462 e. The minimum absolute atomic E-state index is 0.0768. The van der Waals surface area contributed by atoms with Crippen molar-refractivity contribution in [3.63, 3.8) is 0 Å². The molecule has 0 fully saturated rings. The monoisotopic (exact) mass is 911 g/mol. The quantitative estimate of drug-likeness (QED) is 0.0262. The maximum absolute atomic E-state index is 12.8. The van der Waals surface area contributed by atoms with Gasteiger partial charge in [-0.05, 0) is 77.0 Å². The number of ether oxygens (including phenoxy) is 3. The van der Waals surface area contributed by atoms with Gasteiger partial charge in [0, 0.05) is 19.3 Å². The van der Waals surface area contributed by atoms with Crippen LogP contribution in [-0.2, 0) is 28.6 Å². The first-order valence-corrected chi connectivity index (χ1v) is 28.1. The molecule has 6 heteroatoms. The molecule has 0 bridgehead atoms. The normalized spacial score (nSPS) is 12.4. The Bertz CT molecular complexity index is 1140. The van der Waals surface area contributed by atoms with E-state index in [2.05, 4.69) is 69.4 Å². The summed E-state index contributed by atoms with van der Waals surface area (Å²) in [6.45, 7) is 6.57. The highest BCUT2D eigenvalue weighted by atomic mass is 16.6. The molecule has 0 aliphatic carbocycles. The number of esters is 3. The van der Waals surface area contributed by atoms with E-state index in [4.69, 9.17) is 14.2 Å². The fourth-order valence-electron chi connectivity index (χ4n) is 8.02. The van der Waals surface area contributed by atoms with Gasteiger partial charge in [-0.3, -0.25) is 14.4 Å². The van der Waals surface area contributed by atoms with Crippen LogP contribution in [0.25, 0.3) is 0 Å². The molecule has 0 saturated heterocycles. The summed E-state index contributed by atoms with van der Waals surface area (Å²) in [6.07, 6.45) is 65.5. The molecule has 0 rings (SSSR count). The van der Waals surface area contributed by atoms with E-state index in [1.54, 1.807) is 0 Å². The van der Waals surface area contributed by atoms with Crippen molar-refractivity contribution in [3.8, 4) is 0 Å². The summed E-state index contributed by atoms with van der Waals surface area (Å²) >= 11 is 0. The van der Waals surface area contributed by atoms with Gasteiger partial charge in [0.2, 0.25) is 0 Å². The molecule has 1 unspecified atom stereocenters. The van der Waals surface area contributed by atoms with Gasteiger partial charge in [0.1, 0.15) is 13.2 Å². The van der Waals surface area contributed by atoms with Crippen LogP contribution in [0.15, 0.2) is 48.6 Å². The van der Waals surface area contributed by atoms with Crippen molar-refractivity contribution in [3.05, 3.63) is 48.6 Å². The van der Waals surface area contributed by atoms with Gasteiger partial charge in [0.25, 0.3) is 0 Å². The average molecular weight is 911 g/mol. The van der Waals surface area contributed by atoms with E-state index in [9.17, 15) is 14.4 Å². The van der Waals surface area contributed by atoms with Gasteiger partial charge in [0.05, 0.1) is 0 Å². The Balaban J connectivity index is 4.16. The maximum Gasteiger partial charge on any atom is 0.306 e. The zero-order valence-electron chi connectivity index (χ0n) is 43.3. The Morgan fingerprint density at radius 3 is 0.892 bits per heavy atom. The fraction of sp³-hybridized carbons (Fsp3) is 0.814. The Morgan fingerprint density at radius 2 is 0.569 bits per heavy atom. The molecule has 0 aliphatic rings. The summed E-state index contributed by atoms with van der Waals surface area (Å²) in [5.41, 5.74) is 0. The van der Waals surface area contributed by atoms with Crippen LogP contribution in [0.2, 0.25) is 0 Å². The van der Waals surface area contributed by atoms with Crippen LogP contribution in [0.1, 0.15) is 290 Å². The van der Waals surface area contributed by atoms with Gasteiger partial charge in [-0.25, -0.2) is 0 Å². The highest BCUT2D eigenvalue weighted by molar-refractivity contribution is 5.71. The molecule has 378 valence electrons. The fourth-order valence-corrected chi connectivity index (χ4v) is 8.02. The van der Waals surface area contributed by atoms with E-state index in [1.165, 1.54) is 161 Å². The van der Waals surface area contributed by atoms with Crippen molar-refractivity contribution < 1.29 is 28.6 Å². The summed E-state index contributed by atoms with van der Waals surface area (Å²) in [5.74, 6) is -0.886. The molecule has 0 radical (unpaired) electrons. The minimum atomic E-state index is -0.776. The topological polar surface area (TPSA) is 78.9 Å². The number of carbonyl (C=O) groups is 3. The van der Waals surface area contributed by atoms with Gasteiger partial charge in [-0.15, -0.1) is 0 Å².